The minimum Gasteiger partial charge on any atom is -0.493 e. The third-order valence-corrected chi connectivity index (χ3v) is 3.94. The van der Waals surface area contributed by atoms with Crippen LogP contribution in [0.3, 0.4) is 0 Å². The summed E-state index contributed by atoms with van der Waals surface area (Å²) in [5, 5.41) is 6.42. The fraction of sp³-hybridized carbons (Fsp3) is 0.375. The first-order chi connectivity index (χ1) is 11.5. The predicted molar refractivity (Wildman–Crippen MR) is 92.4 cm³/mol. The van der Waals surface area contributed by atoms with Gasteiger partial charge >= 0.3 is 5.97 Å². The Kier molecular flexibility index (Phi) is 5.50. The number of nitrogens with one attached hydrogen (secondary N) is 2. The van der Waals surface area contributed by atoms with Gasteiger partial charge in [-0.25, -0.2) is 4.79 Å². The summed E-state index contributed by atoms with van der Waals surface area (Å²) in [4.78, 5) is 12.2. The van der Waals surface area contributed by atoms with E-state index in [0.717, 1.165) is 0 Å². The van der Waals surface area contributed by atoms with Crippen molar-refractivity contribution in [1.82, 2.24) is 10.6 Å². The molecule has 24 heavy (non-hydrogen) atoms. The highest BCUT2D eigenvalue weighted by molar-refractivity contribution is 7.80. The number of esters is 1. The van der Waals surface area contributed by atoms with E-state index < -0.39 is 12.0 Å². The van der Waals surface area contributed by atoms with E-state index in [1.807, 2.05) is 0 Å². The van der Waals surface area contributed by atoms with Crippen molar-refractivity contribution in [3.63, 3.8) is 0 Å². The monoisotopic (exact) mass is 352 g/mol. The van der Waals surface area contributed by atoms with Crippen molar-refractivity contribution in [2.75, 3.05) is 28.4 Å². The SMILES string of the molecule is COC(=O)C1=C(C)NC(=S)N[C@@H]1c1ccc(OC)c(OC)c1OC. The van der Waals surface area contributed by atoms with Crippen molar-refractivity contribution >= 4 is 23.3 Å². The molecule has 1 aliphatic rings. The molecule has 2 N–H and O–H groups in total. The Labute approximate surface area is 145 Å². The van der Waals surface area contributed by atoms with E-state index >= 15 is 0 Å². The molecule has 1 aliphatic heterocycles. The van der Waals surface area contributed by atoms with Crippen LogP contribution in [0.4, 0.5) is 0 Å². The van der Waals surface area contributed by atoms with Crippen LogP contribution in [0.15, 0.2) is 23.4 Å². The number of benzene rings is 1. The lowest BCUT2D eigenvalue weighted by atomic mass is 9.94. The fourth-order valence-corrected chi connectivity index (χ4v) is 2.93. The molecule has 0 radical (unpaired) electrons. The molecule has 0 aromatic heterocycles. The van der Waals surface area contributed by atoms with E-state index in [-0.39, 0.29) is 0 Å². The van der Waals surface area contributed by atoms with E-state index in [1.54, 1.807) is 26.2 Å². The van der Waals surface area contributed by atoms with Gasteiger partial charge in [0.25, 0.3) is 0 Å². The summed E-state index contributed by atoms with van der Waals surface area (Å²) in [6.45, 7) is 1.76. The molecule has 130 valence electrons. The maximum Gasteiger partial charge on any atom is 0.337 e. The highest BCUT2D eigenvalue weighted by Gasteiger charge is 2.34. The second kappa shape index (κ2) is 7.39. The van der Waals surface area contributed by atoms with Gasteiger partial charge in [-0.1, -0.05) is 0 Å². The van der Waals surface area contributed by atoms with Crippen molar-refractivity contribution in [3.05, 3.63) is 29.0 Å². The Hall–Kier alpha value is -2.48. The maximum absolute atomic E-state index is 12.2. The number of ether oxygens (including phenoxy) is 4. The topological polar surface area (TPSA) is 78.1 Å². The summed E-state index contributed by atoms with van der Waals surface area (Å²) in [6.07, 6.45) is 0. The van der Waals surface area contributed by atoms with E-state index in [1.165, 1.54) is 21.3 Å². The normalized spacial score (nSPS) is 16.9. The molecule has 7 nitrogen and oxygen atoms in total. The highest BCUT2D eigenvalue weighted by Crippen LogP contribution is 2.44. The lowest BCUT2D eigenvalue weighted by molar-refractivity contribution is -0.136. The number of allylic oxidation sites excluding steroid dienone is 1. The summed E-state index contributed by atoms with van der Waals surface area (Å²) in [7, 11) is 5.92. The van der Waals surface area contributed by atoms with Gasteiger partial charge in [0.05, 0.1) is 40.1 Å². The molecule has 2 rings (SSSR count). The van der Waals surface area contributed by atoms with Crippen molar-refractivity contribution < 1.29 is 23.7 Å². The summed E-state index contributed by atoms with van der Waals surface area (Å²) in [5.41, 5.74) is 1.71. The summed E-state index contributed by atoms with van der Waals surface area (Å²) in [5.74, 6) is 0.950. The van der Waals surface area contributed by atoms with E-state index in [2.05, 4.69) is 10.6 Å². The van der Waals surface area contributed by atoms with Gasteiger partial charge in [0.15, 0.2) is 16.6 Å². The third kappa shape index (κ3) is 3.09. The molecule has 0 spiro atoms. The molecule has 0 amide bonds. The summed E-state index contributed by atoms with van der Waals surface area (Å²) in [6, 6.07) is 3.00. The fourth-order valence-electron chi connectivity index (χ4n) is 2.66. The molecule has 1 atom stereocenters. The van der Waals surface area contributed by atoms with E-state index in [0.29, 0.717) is 39.2 Å². The first-order valence-corrected chi connectivity index (χ1v) is 7.54. The average molecular weight is 352 g/mol. The van der Waals surface area contributed by atoms with Gasteiger partial charge in [-0.05, 0) is 31.3 Å². The minimum absolute atomic E-state index is 0.405. The summed E-state index contributed by atoms with van der Waals surface area (Å²) >= 11 is 5.22. The van der Waals surface area contributed by atoms with Crippen LogP contribution >= 0.6 is 12.2 Å². The number of hydrogen-bond acceptors (Lipinski definition) is 6. The number of carbonyl (C=O) groups excluding carboxylic acids is 1. The van der Waals surface area contributed by atoms with Gasteiger partial charge in [-0.3, -0.25) is 0 Å². The van der Waals surface area contributed by atoms with Crippen LogP contribution in [0.1, 0.15) is 18.5 Å². The lowest BCUT2D eigenvalue weighted by Gasteiger charge is -2.31. The van der Waals surface area contributed by atoms with Crippen LogP contribution in [0, 0.1) is 0 Å². The largest absolute Gasteiger partial charge is 0.493 e. The van der Waals surface area contributed by atoms with Crippen molar-refractivity contribution in [1.29, 1.82) is 0 Å². The molecule has 0 saturated heterocycles. The van der Waals surface area contributed by atoms with Crippen LogP contribution in [0.5, 0.6) is 17.2 Å². The molecule has 1 heterocycles. The van der Waals surface area contributed by atoms with Gasteiger partial charge in [-0.15, -0.1) is 0 Å². The Balaban J connectivity index is 2.66. The highest BCUT2D eigenvalue weighted by atomic mass is 32.1. The predicted octanol–water partition coefficient (Wildman–Crippen LogP) is 1.68. The molecular weight excluding hydrogens is 332 g/mol. The number of carbonyl (C=O) groups is 1. The second-order valence-corrected chi connectivity index (χ2v) is 5.39. The first kappa shape index (κ1) is 17.9. The number of rotatable bonds is 5. The Bertz CT molecular complexity index is 702. The first-order valence-electron chi connectivity index (χ1n) is 7.13. The molecule has 0 unspecified atom stereocenters. The van der Waals surface area contributed by atoms with E-state index in [9.17, 15) is 4.79 Å². The van der Waals surface area contributed by atoms with Crippen LogP contribution < -0.4 is 24.8 Å². The molecule has 0 aliphatic carbocycles. The molecule has 0 fully saturated rings. The Morgan fingerprint density at radius 3 is 2.29 bits per heavy atom. The van der Waals surface area contributed by atoms with Crippen molar-refractivity contribution in [2.24, 2.45) is 0 Å². The maximum atomic E-state index is 12.2. The second-order valence-electron chi connectivity index (χ2n) is 4.99. The third-order valence-electron chi connectivity index (χ3n) is 3.72. The molecule has 0 saturated carbocycles. The standard InChI is InChI=1S/C16H20N2O5S/c1-8-11(15(19)23-5)12(18-16(24)17-8)9-6-7-10(20-2)14(22-4)13(9)21-3/h6-7,12H,1-5H3,(H2,17,18,24)/t12-/m1/s1. The molecule has 8 heteroatoms. The zero-order chi connectivity index (χ0) is 17.9. The van der Waals surface area contributed by atoms with Gasteiger partial charge in [0.1, 0.15) is 0 Å². The minimum atomic E-state index is -0.541. The average Bonchev–Trinajstić information content (AvgIpc) is 2.58. The molecule has 0 bridgehead atoms. The van der Waals surface area contributed by atoms with Crippen LogP contribution in [0.2, 0.25) is 0 Å². The molecular formula is C16H20N2O5S. The van der Waals surface area contributed by atoms with Crippen LogP contribution in [-0.4, -0.2) is 39.5 Å². The van der Waals surface area contributed by atoms with Crippen LogP contribution in [-0.2, 0) is 9.53 Å². The zero-order valence-electron chi connectivity index (χ0n) is 14.2. The van der Waals surface area contributed by atoms with Gasteiger partial charge in [0.2, 0.25) is 5.75 Å². The van der Waals surface area contributed by atoms with Gasteiger partial charge in [0, 0.05) is 11.3 Å². The summed E-state index contributed by atoms with van der Waals surface area (Å²) < 4.78 is 21.1. The van der Waals surface area contributed by atoms with Crippen molar-refractivity contribution in [2.45, 2.75) is 13.0 Å². The van der Waals surface area contributed by atoms with Gasteiger partial charge < -0.3 is 29.6 Å². The zero-order valence-corrected chi connectivity index (χ0v) is 15.0. The number of methoxy groups -OCH3 is 4. The quantitative estimate of drug-likeness (QED) is 0.612. The van der Waals surface area contributed by atoms with Crippen molar-refractivity contribution in [3.8, 4) is 17.2 Å². The van der Waals surface area contributed by atoms with Gasteiger partial charge in [-0.2, -0.15) is 0 Å². The smallest absolute Gasteiger partial charge is 0.337 e. The van der Waals surface area contributed by atoms with Crippen LogP contribution in [0.25, 0.3) is 0 Å². The van der Waals surface area contributed by atoms with E-state index in [4.69, 9.17) is 31.2 Å². The lowest BCUT2D eigenvalue weighted by Crippen LogP contribution is -2.45. The Morgan fingerprint density at radius 1 is 1.08 bits per heavy atom. The number of hydrogen-bond donors (Lipinski definition) is 2. The molecule has 1 aromatic rings. The molecule has 1 aromatic carbocycles. The number of thiocarbonyl (C=S) groups is 1. The Morgan fingerprint density at radius 2 is 1.75 bits per heavy atom.